The number of carbonyl (C=O) groups excluding carboxylic acids is 2. The first-order chi connectivity index (χ1) is 10.6. The lowest BCUT2D eigenvalue weighted by Gasteiger charge is -2.38. The van der Waals surface area contributed by atoms with Crippen molar-refractivity contribution < 1.29 is 19.1 Å². The van der Waals surface area contributed by atoms with Crippen molar-refractivity contribution in [2.24, 2.45) is 0 Å². The average molecular weight is 318 g/mol. The quantitative estimate of drug-likeness (QED) is 0.361. The van der Waals surface area contributed by atoms with E-state index < -0.39 is 17.7 Å². The monoisotopic (exact) mass is 318 g/mol. The van der Waals surface area contributed by atoms with E-state index in [2.05, 4.69) is 0 Å². The molecule has 116 valence electrons. The second kappa shape index (κ2) is 6.16. The lowest BCUT2D eigenvalue weighted by atomic mass is 9.93. The number of ether oxygens (including phenoxy) is 2. The molecule has 0 aromatic heterocycles. The highest BCUT2D eigenvalue weighted by molar-refractivity contribution is 7.98. The number of carbonyl (C=O) groups is 2. The summed E-state index contributed by atoms with van der Waals surface area (Å²) in [7, 11) is 0. The van der Waals surface area contributed by atoms with Crippen LogP contribution in [-0.4, -0.2) is 24.0 Å². The summed E-state index contributed by atoms with van der Waals surface area (Å²) in [6.07, 6.45) is 7.63. The zero-order valence-corrected chi connectivity index (χ0v) is 13.3. The number of thioether (sulfide) groups is 1. The van der Waals surface area contributed by atoms with Crippen molar-refractivity contribution in [3.05, 3.63) is 35.4 Å². The first-order valence-electron chi connectivity index (χ1n) is 7.44. The Morgan fingerprint density at radius 2 is 1.59 bits per heavy atom. The zero-order valence-electron chi connectivity index (χ0n) is 12.5. The molecule has 5 heteroatoms. The van der Waals surface area contributed by atoms with Gasteiger partial charge in [0.25, 0.3) is 5.79 Å². The van der Waals surface area contributed by atoms with Crippen LogP contribution in [0.2, 0.25) is 0 Å². The number of esters is 2. The Hall–Kier alpha value is -1.75. The molecule has 2 fully saturated rings. The molecular formula is C17H18O4S. The first kappa shape index (κ1) is 15.2. The molecule has 0 amide bonds. The summed E-state index contributed by atoms with van der Waals surface area (Å²) in [5.41, 5.74) is 0.745. The van der Waals surface area contributed by atoms with Gasteiger partial charge in [-0.25, -0.2) is 9.59 Å². The molecule has 1 aliphatic heterocycles. The molecule has 1 saturated heterocycles. The van der Waals surface area contributed by atoms with Crippen molar-refractivity contribution in [1.82, 2.24) is 0 Å². The van der Waals surface area contributed by atoms with Gasteiger partial charge >= 0.3 is 11.9 Å². The molecule has 1 spiro atoms. The lowest BCUT2D eigenvalue weighted by molar-refractivity contribution is -0.244. The van der Waals surface area contributed by atoms with E-state index in [1.165, 1.54) is 6.08 Å². The fraction of sp³-hybridized carbons (Fsp3) is 0.412. The van der Waals surface area contributed by atoms with Gasteiger partial charge < -0.3 is 9.47 Å². The number of rotatable bonds is 2. The summed E-state index contributed by atoms with van der Waals surface area (Å²) in [6.45, 7) is 0. The largest absolute Gasteiger partial charge is 0.419 e. The van der Waals surface area contributed by atoms with Crippen LogP contribution >= 0.6 is 11.8 Å². The van der Waals surface area contributed by atoms with Gasteiger partial charge in [0.05, 0.1) is 0 Å². The molecule has 4 nitrogen and oxygen atoms in total. The van der Waals surface area contributed by atoms with Crippen LogP contribution in [0.1, 0.15) is 37.7 Å². The van der Waals surface area contributed by atoms with Crippen molar-refractivity contribution in [2.75, 3.05) is 6.26 Å². The summed E-state index contributed by atoms with van der Waals surface area (Å²) >= 11 is 1.64. The molecule has 1 saturated carbocycles. The lowest BCUT2D eigenvalue weighted by Crippen LogP contribution is -2.47. The van der Waals surface area contributed by atoms with E-state index in [1.54, 1.807) is 11.8 Å². The van der Waals surface area contributed by atoms with Crippen LogP contribution in [0.3, 0.4) is 0 Å². The third kappa shape index (κ3) is 3.04. The zero-order chi connectivity index (χ0) is 15.6. The highest BCUT2D eigenvalue weighted by atomic mass is 32.2. The van der Waals surface area contributed by atoms with E-state index >= 15 is 0 Å². The molecule has 0 unspecified atom stereocenters. The van der Waals surface area contributed by atoms with Gasteiger partial charge in [-0.1, -0.05) is 18.6 Å². The maximum absolute atomic E-state index is 12.2. The third-order valence-corrected chi connectivity index (χ3v) is 4.78. The minimum absolute atomic E-state index is 0.0342. The second-order valence-electron chi connectivity index (χ2n) is 5.58. The van der Waals surface area contributed by atoms with Crippen molar-refractivity contribution >= 4 is 29.8 Å². The maximum atomic E-state index is 12.2. The Bertz CT molecular complexity index is 590. The maximum Gasteiger partial charge on any atom is 0.348 e. The van der Waals surface area contributed by atoms with Gasteiger partial charge in [-0.15, -0.1) is 11.8 Å². The summed E-state index contributed by atoms with van der Waals surface area (Å²) in [5, 5.41) is 0. The number of benzene rings is 1. The molecule has 1 aromatic rings. The summed E-state index contributed by atoms with van der Waals surface area (Å²) < 4.78 is 10.9. The second-order valence-corrected chi connectivity index (χ2v) is 6.46. The summed E-state index contributed by atoms with van der Waals surface area (Å²) in [6, 6.07) is 7.62. The van der Waals surface area contributed by atoms with Crippen LogP contribution in [0.4, 0.5) is 0 Å². The van der Waals surface area contributed by atoms with Gasteiger partial charge in [0.2, 0.25) is 0 Å². The van der Waals surface area contributed by atoms with Gasteiger partial charge in [-0.2, -0.15) is 0 Å². The van der Waals surface area contributed by atoms with Crippen molar-refractivity contribution in [1.29, 1.82) is 0 Å². The molecule has 3 rings (SSSR count). The smallest absolute Gasteiger partial charge is 0.348 e. The van der Waals surface area contributed by atoms with Gasteiger partial charge in [0.1, 0.15) is 5.57 Å². The van der Waals surface area contributed by atoms with Gasteiger partial charge in [-0.3, -0.25) is 0 Å². The van der Waals surface area contributed by atoms with E-state index in [0.29, 0.717) is 12.8 Å². The molecule has 1 aliphatic carbocycles. The fourth-order valence-corrected chi connectivity index (χ4v) is 3.24. The Morgan fingerprint density at radius 1 is 1.00 bits per heavy atom. The van der Waals surface area contributed by atoms with Crippen LogP contribution in [0, 0.1) is 0 Å². The standard InChI is InChI=1S/C17H18O4S/c1-22-13-7-5-12(6-8-13)11-14-15(18)20-17(21-16(14)19)9-3-2-4-10-17/h5-8,11H,2-4,9-10H2,1H3. The van der Waals surface area contributed by atoms with Crippen molar-refractivity contribution in [2.45, 2.75) is 42.8 Å². The van der Waals surface area contributed by atoms with E-state index in [9.17, 15) is 9.59 Å². The predicted octanol–water partition coefficient (Wildman–Crippen LogP) is 3.55. The number of hydrogen-bond acceptors (Lipinski definition) is 5. The van der Waals surface area contributed by atoms with Crippen LogP contribution < -0.4 is 0 Å². The summed E-state index contributed by atoms with van der Waals surface area (Å²) in [4.78, 5) is 25.5. The van der Waals surface area contributed by atoms with Crippen LogP contribution in [0.5, 0.6) is 0 Å². The molecule has 22 heavy (non-hydrogen) atoms. The average Bonchev–Trinajstić information content (AvgIpc) is 2.52. The van der Waals surface area contributed by atoms with E-state index in [0.717, 1.165) is 29.7 Å². The van der Waals surface area contributed by atoms with Crippen molar-refractivity contribution in [3.63, 3.8) is 0 Å². The first-order valence-corrected chi connectivity index (χ1v) is 8.67. The van der Waals surface area contributed by atoms with Gasteiger partial charge in [0, 0.05) is 17.7 Å². The minimum atomic E-state index is -1.02. The van der Waals surface area contributed by atoms with E-state index in [-0.39, 0.29) is 5.57 Å². The molecule has 1 aromatic carbocycles. The predicted molar refractivity (Wildman–Crippen MR) is 84.2 cm³/mol. The Balaban J connectivity index is 1.81. The van der Waals surface area contributed by atoms with Crippen LogP contribution in [0.25, 0.3) is 6.08 Å². The molecule has 0 bridgehead atoms. The highest BCUT2D eigenvalue weighted by Gasteiger charge is 2.46. The third-order valence-electron chi connectivity index (χ3n) is 4.04. The topological polar surface area (TPSA) is 52.6 Å². The molecule has 0 N–H and O–H groups in total. The number of hydrogen-bond donors (Lipinski definition) is 0. The van der Waals surface area contributed by atoms with E-state index in [4.69, 9.17) is 9.47 Å². The van der Waals surface area contributed by atoms with Crippen molar-refractivity contribution in [3.8, 4) is 0 Å². The molecule has 0 radical (unpaired) electrons. The SMILES string of the molecule is CSc1ccc(C=C2C(=O)OC3(CCCCC3)OC2=O)cc1. The Morgan fingerprint density at radius 3 is 2.14 bits per heavy atom. The minimum Gasteiger partial charge on any atom is -0.419 e. The highest BCUT2D eigenvalue weighted by Crippen LogP contribution is 2.37. The van der Waals surface area contributed by atoms with E-state index in [1.807, 2.05) is 30.5 Å². The molecule has 0 atom stereocenters. The summed E-state index contributed by atoms with van der Waals surface area (Å²) in [5.74, 6) is -2.17. The Kier molecular flexibility index (Phi) is 4.25. The van der Waals surface area contributed by atoms with Gasteiger partial charge in [-0.05, 0) is 42.9 Å². The Labute approximate surface area is 133 Å². The molecule has 2 aliphatic rings. The van der Waals surface area contributed by atoms with Crippen LogP contribution in [-0.2, 0) is 19.1 Å². The fourth-order valence-electron chi connectivity index (χ4n) is 2.83. The van der Waals surface area contributed by atoms with Crippen LogP contribution in [0.15, 0.2) is 34.7 Å². The molecular weight excluding hydrogens is 300 g/mol. The van der Waals surface area contributed by atoms with Gasteiger partial charge in [0.15, 0.2) is 0 Å². The normalized spacial score (nSPS) is 20.5. The molecule has 1 heterocycles.